The van der Waals surface area contributed by atoms with Crippen molar-refractivity contribution in [1.29, 1.82) is 0 Å². The zero-order valence-electron chi connectivity index (χ0n) is 9.76. The average molecular weight is 246 g/mol. The number of hydrogen-bond acceptors (Lipinski definition) is 3. The normalized spacial score (nSPS) is 9.47. The lowest BCUT2D eigenvalue weighted by atomic mass is 10.2. The molecule has 0 radical (unpaired) electrons. The standard InChI is InChI=1S/C6H10O4.C5H8O2/c7-5(8)3-1-2-4-6(9)10;1-2-3-4-5(6)7/h1-4H2,(H,7,8)(H,9,10);3-4H,2H2,1H3,(H,6,7). The van der Waals surface area contributed by atoms with Gasteiger partial charge in [0, 0.05) is 18.9 Å². The van der Waals surface area contributed by atoms with Gasteiger partial charge in [0.1, 0.15) is 0 Å². The Bertz CT molecular complexity index is 253. The number of carbonyl (C=O) groups is 3. The van der Waals surface area contributed by atoms with Gasteiger partial charge in [-0.2, -0.15) is 0 Å². The molecule has 6 heteroatoms. The molecule has 0 aromatic heterocycles. The number of hydrogen-bond donors (Lipinski definition) is 3. The zero-order chi connectivity index (χ0) is 13.7. The number of aliphatic carboxylic acids is 3. The van der Waals surface area contributed by atoms with Crippen LogP contribution in [-0.2, 0) is 14.4 Å². The van der Waals surface area contributed by atoms with Crippen LogP contribution in [0.25, 0.3) is 0 Å². The molecule has 0 aliphatic heterocycles. The Hall–Kier alpha value is -1.85. The summed E-state index contributed by atoms with van der Waals surface area (Å²) in [4.78, 5) is 29.5. The molecule has 0 unspecified atom stereocenters. The van der Waals surface area contributed by atoms with Gasteiger partial charge in [0.2, 0.25) is 0 Å². The second kappa shape index (κ2) is 12.2. The first-order chi connectivity index (χ1) is 7.90. The highest BCUT2D eigenvalue weighted by molar-refractivity contribution is 5.79. The summed E-state index contributed by atoms with van der Waals surface area (Å²) in [6, 6.07) is 0. The molecule has 0 spiro atoms. The summed E-state index contributed by atoms with van der Waals surface area (Å²) in [5.74, 6) is -2.61. The summed E-state index contributed by atoms with van der Waals surface area (Å²) >= 11 is 0. The van der Waals surface area contributed by atoms with Crippen LogP contribution in [0, 0.1) is 0 Å². The molecule has 98 valence electrons. The van der Waals surface area contributed by atoms with E-state index in [-0.39, 0.29) is 12.8 Å². The van der Waals surface area contributed by atoms with Crippen LogP contribution in [0.4, 0.5) is 0 Å². The van der Waals surface area contributed by atoms with Crippen LogP contribution in [0.1, 0.15) is 39.0 Å². The van der Waals surface area contributed by atoms with E-state index in [1.54, 1.807) is 6.08 Å². The first-order valence-corrected chi connectivity index (χ1v) is 5.23. The van der Waals surface area contributed by atoms with Crippen molar-refractivity contribution in [3.05, 3.63) is 12.2 Å². The van der Waals surface area contributed by atoms with Crippen LogP contribution >= 0.6 is 0 Å². The molecular formula is C11H18O6. The summed E-state index contributed by atoms with van der Waals surface area (Å²) in [7, 11) is 0. The smallest absolute Gasteiger partial charge is 0.327 e. The minimum absolute atomic E-state index is 0.0628. The third-order valence-electron chi connectivity index (χ3n) is 1.53. The van der Waals surface area contributed by atoms with Crippen molar-refractivity contribution in [2.45, 2.75) is 39.0 Å². The molecule has 0 fully saturated rings. The van der Waals surface area contributed by atoms with Crippen molar-refractivity contribution >= 4 is 17.9 Å². The number of unbranched alkanes of at least 4 members (excludes halogenated alkanes) is 1. The summed E-state index contributed by atoms with van der Waals surface area (Å²) in [6.45, 7) is 1.89. The Kier molecular flexibility index (Phi) is 12.6. The van der Waals surface area contributed by atoms with E-state index in [1.165, 1.54) is 0 Å². The molecule has 0 rings (SSSR count). The second-order valence-electron chi connectivity index (χ2n) is 3.14. The van der Waals surface area contributed by atoms with Crippen LogP contribution in [0.3, 0.4) is 0 Å². The van der Waals surface area contributed by atoms with E-state index >= 15 is 0 Å². The largest absolute Gasteiger partial charge is 0.481 e. The number of carboxylic acids is 3. The molecule has 6 nitrogen and oxygen atoms in total. The topological polar surface area (TPSA) is 112 Å². The van der Waals surface area contributed by atoms with Gasteiger partial charge in [-0.1, -0.05) is 13.0 Å². The summed E-state index contributed by atoms with van der Waals surface area (Å²) in [5, 5.41) is 24.2. The minimum atomic E-state index is -0.873. The Morgan fingerprint density at radius 1 is 0.941 bits per heavy atom. The van der Waals surface area contributed by atoms with Crippen LogP contribution in [0.2, 0.25) is 0 Å². The Labute approximate surface area is 99.6 Å². The van der Waals surface area contributed by atoms with Gasteiger partial charge >= 0.3 is 17.9 Å². The molecule has 0 aromatic rings. The molecule has 0 saturated carbocycles. The molecule has 0 saturated heterocycles. The van der Waals surface area contributed by atoms with Gasteiger partial charge in [-0.25, -0.2) is 4.79 Å². The Morgan fingerprint density at radius 2 is 1.35 bits per heavy atom. The second-order valence-corrected chi connectivity index (χ2v) is 3.14. The maximum atomic E-state index is 9.90. The highest BCUT2D eigenvalue weighted by atomic mass is 16.4. The molecule has 0 aliphatic rings. The molecule has 0 heterocycles. The van der Waals surface area contributed by atoms with Crippen LogP contribution in [-0.4, -0.2) is 33.2 Å². The lowest BCUT2D eigenvalue weighted by Crippen LogP contribution is -1.97. The van der Waals surface area contributed by atoms with Gasteiger partial charge in [-0.05, 0) is 19.3 Å². The molecular weight excluding hydrogens is 228 g/mol. The molecule has 0 bridgehead atoms. The fourth-order valence-electron chi connectivity index (χ4n) is 0.771. The summed E-state index contributed by atoms with van der Waals surface area (Å²) < 4.78 is 0. The number of carboxylic acid groups (broad SMARTS) is 3. The Balaban J connectivity index is 0. The SMILES string of the molecule is CCC=CC(=O)O.O=C(O)CCCCC(=O)O. The fraction of sp³-hybridized carbons (Fsp3) is 0.545. The maximum absolute atomic E-state index is 9.90. The van der Waals surface area contributed by atoms with Gasteiger partial charge in [0.15, 0.2) is 0 Å². The van der Waals surface area contributed by atoms with Gasteiger partial charge in [-0.15, -0.1) is 0 Å². The van der Waals surface area contributed by atoms with Crippen molar-refractivity contribution in [2.75, 3.05) is 0 Å². The quantitative estimate of drug-likeness (QED) is 0.466. The summed E-state index contributed by atoms with van der Waals surface area (Å²) in [5.41, 5.74) is 0. The predicted molar refractivity (Wildman–Crippen MR) is 60.8 cm³/mol. The summed E-state index contributed by atoms with van der Waals surface area (Å²) in [6.07, 6.45) is 4.54. The lowest BCUT2D eigenvalue weighted by molar-refractivity contribution is -0.139. The van der Waals surface area contributed by atoms with Crippen molar-refractivity contribution in [3.8, 4) is 0 Å². The molecule has 3 N–H and O–H groups in total. The van der Waals surface area contributed by atoms with E-state index < -0.39 is 17.9 Å². The number of allylic oxidation sites excluding steroid dienone is 1. The van der Waals surface area contributed by atoms with Gasteiger partial charge in [0.25, 0.3) is 0 Å². The van der Waals surface area contributed by atoms with Crippen LogP contribution in [0.5, 0.6) is 0 Å². The molecule has 17 heavy (non-hydrogen) atoms. The molecule has 0 aromatic carbocycles. The number of rotatable bonds is 7. The van der Waals surface area contributed by atoms with Crippen molar-refractivity contribution < 1.29 is 29.7 Å². The lowest BCUT2D eigenvalue weighted by Gasteiger charge is -1.92. The van der Waals surface area contributed by atoms with E-state index in [2.05, 4.69) is 0 Å². The predicted octanol–water partition coefficient (Wildman–Crippen LogP) is 1.75. The van der Waals surface area contributed by atoms with Crippen molar-refractivity contribution in [1.82, 2.24) is 0 Å². The molecule has 0 aliphatic carbocycles. The van der Waals surface area contributed by atoms with E-state index in [4.69, 9.17) is 15.3 Å². The van der Waals surface area contributed by atoms with Crippen LogP contribution in [0.15, 0.2) is 12.2 Å². The van der Waals surface area contributed by atoms with E-state index in [0.29, 0.717) is 12.8 Å². The highest BCUT2D eigenvalue weighted by Gasteiger charge is 1.99. The Morgan fingerprint density at radius 3 is 1.53 bits per heavy atom. The van der Waals surface area contributed by atoms with Crippen molar-refractivity contribution in [3.63, 3.8) is 0 Å². The third-order valence-corrected chi connectivity index (χ3v) is 1.53. The first-order valence-electron chi connectivity index (χ1n) is 5.23. The van der Waals surface area contributed by atoms with E-state index in [0.717, 1.165) is 12.5 Å². The monoisotopic (exact) mass is 246 g/mol. The van der Waals surface area contributed by atoms with Crippen molar-refractivity contribution in [2.24, 2.45) is 0 Å². The van der Waals surface area contributed by atoms with E-state index in [1.807, 2.05) is 6.92 Å². The minimum Gasteiger partial charge on any atom is -0.481 e. The zero-order valence-corrected chi connectivity index (χ0v) is 9.76. The van der Waals surface area contributed by atoms with Crippen LogP contribution < -0.4 is 0 Å². The highest BCUT2D eigenvalue weighted by Crippen LogP contribution is 1.98. The van der Waals surface area contributed by atoms with Gasteiger partial charge < -0.3 is 15.3 Å². The fourth-order valence-corrected chi connectivity index (χ4v) is 0.771. The van der Waals surface area contributed by atoms with Gasteiger partial charge in [0.05, 0.1) is 0 Å². The van der Waals surface area contributed by atoms with Gasteiger partial charge in [-0.3, -0.25) is 9.59 Å². The maximum Gasteiger partial charge on any atom is 0.327 e. The average Bonchev–Trinajstić information content (AvgIpc) is 2.22. The molecule has 0 amide bonds. The first kappa shape index (κ1) is 17.5. The third kappa shape index (κ3) is 24.9. The van der Waals surface area contributed by atoms with E-state index in [9.17, 15) is 14.4 Å². The molecule has 0 atom stereocenters.